The molecule has 0 fully saturated rings. The van der Waals surface area contributed by atoms with Crippen molar-refractivity contribution in [3.8, 4) is 22.1 Å². The molecule has 0 aliphatic heterocycles. The van der Waals surface area contributed by atoms with Crippen LogP contribution < -0.4 is 14.8 Å². The summed E-state index contributed by atoms with van der Waals surface area (Å²) in [5.41, 5.74) is 1.23. The van der Waals surface area contributed by atoms with Gasteiger partial charge in [0.1, 0.15) is 12.3 Å². The Hall–Kier alpha value is -2.84. The highest BCUT2D eigenvalue weighted by Crippen LogP contribution is 2.29. The number of nitrogens with zero attached hydrogens (tertiary/aromatic N) is 1. The van der Waals surface area contributed by atoms with Gasteiger partial charge in [0.05, 0.1) is 25.7 Å². The minimum absolute atomic E-state index is 0.102. The highest BCUT2D eigenvalue weighted by Gasteiger charge is 2.10. The second-order valence-corrected chi connectivity index (χ2v) is 6.22. The van der Waals surface area contributed by atoms with Gasteiger partial charge in [-0.1, -0.05) is 11.2 Å². The van der Waals surface area contributed by atoms with Crippen LogP contribution in [0.4, 0.5) is 5.69 Å². The Morgan fingerprint density at radius 1 is 1.19 bits per heavy atom. The Morgan fingerprint density at radius 2 is 2.04 bits per heavy atom. The molecule has 0 aliphatic rings. The Morgan fingerprint density at radius 3 is 2.77 bits per heavy atom. The zero-order chi connectivity index (χ0) is 18.4. The summed E-state index contributed by atoms with van der Waals surface area (Å²) < 4.78 is 21.0. The van der Waals surface area contributed by atoms with Crippen molar-refractivity contribution in [2.24, 2.45) is 0 Å². The standard InChI is InChI=1S/C18H18N2O5S/c1-22-14-6-5-12(8-15(14)23-2)19-18(21)11-24-10-13-9-16(25-20-13)17-4-3-7-26-17/h3-9H,10-11H2,1-2H3,(H,19,21). The highest BCUT2D eigenvalue weighted by molar-refractivity contribution is 7.13. The van der Waals surface area contributed by atoms with Gasteiger partial charge in [0.2, 0.25) is 5.91 Å². The van der Waals surface area contributed by atoms with Gasteiger partial charge in [-0.3, -0.25) is 4.79 Å². The fourth-order valence-corrected chi connectivity index (χ4v) is 2.95. The summed E-state index contributed by atoms with van der Waals surface area (Å²) in [6.07, 6.45) is 0. The van der Waals surface area contributed by atoms with Crippen molar-refractivity contribution < 1.29 is 23.5 Å². The summed E-state index contributed by atoms with van der Waals surface area (Å²) in [4.78, 5) is 13.0. The third kappa shape index (κ3) is 4.41. The zero-order valence-corrected chi connectivity index (χ0v) is 15.2. The average Bonchev–Trinajstić information content (AvgIpc) is 3.33. The number of rotatable bonds is 8. The van der Waals surface area contributed by atoms with Crippen LogP contribution in [0.5, 0.6) is 11.5 Å². The van der Waals surface area contributed by atoms with Crippen molar-refractivity contribution in [1.29, 1.82) is 0 Å². The van der Waals surface area contributed by atoms with Crippen LogP contribution in [0.2, 0.25) is 0 Å². The quantitative estimate of drug-likeness (QED) is 0.649. The van der Waals surface area contributed by atoms with Crippen molar-refractivity contribution >= 4 is 22.9 Å². The summed E-state index contributed by atoms with van der Waals surface area (Å²) >= 11 is 1.57. The summed E-state index contributed by atoms with van der Waals surface area (Å²) in [7, 11) is 3.09. The number of benzene rings is 1. The first kappa shape index (κ1) is 18.0. The monoisotopic (exact) mass is 374 g/mol. The SMILES string of the molecule is COc1ccc(NC(=O)COCc2cc(-c3cccs3)on2)cc1OC. The first-order valence-corrected chi connectivity index (χ1v) is 8.66. The van der Waals surface area contributed by atoms with Crippen molar-refractivity contribution in [2.45, 2.75) is 6.61 Å². The predicted molar refractivity (Wildman–Crippen MR) is 97.6 cm³/mol. The summed E-state index contributed by atoms with van der Waals surface area (Å²) in [5.74, 6) is 1.54. The largest absolute Gasteiger partial charge is 0.493 e. The molecule has 2 heterocycles. The number of carbonyl (C=O) groups excluding carboxylic acids is 1. The van der Waals surface area contributed by atoms with E-state index in [1.54, 1.807) is 42.7 Å². The number of nitrogens with one attached hydrogen (secondary N) is 1. The van der Waals surface area contributed by atoms with Crippen molar-refractivity contribution in [2.75, 3.05) is 26.1 Å². The molecule has 0 radical (unpaired) electrons. The Kier molecular flexibility index (Phi) is 5.88. The number of anilines is 1. The lowest BCUT2D eigenvalue weighted by Crippen LogP contribution is -2.18. The van der Waals surface area contributed by atoms with E-state index in [1.807, 2.05) is 17.5 Å². The molecule has 1 N–H and O–H groups in total. The van der Waals surface area contributed by atoms with Gasteiger partial charge < -0.3 is 24.1 Å². The maximum absolute atomic E-state index is 12.0. The first-order valence-electron chi connectivity index (χ1n) is 7.78. The molecule has 26 heavy (non-hydrogen) atoms. The van der Waals surface area contributed by atoms with Crippen LogP contribution in [0.25, 0.3) is 10.6 Å². The van der Waals surface area contributed by atoms with Gasteiger partial charge in [-0.25, -0.2) is 0 Å². The summed E-state index contributed by atoms with van der Waals surface area (Å²) in [6.45, 7) is 0.0871. The van der Waals surface area contributed by atoms with Gasteiger partial charge >= 0.3 is 0 Å². The number of hydrogen-bond donors (Lipinski definition) is 1. The maximum atomic E-state index is 12.0. The van der Waals surface area contributed by atoms with Gasteiger partial charge in [-0.2, -0.15) is 0 Å². The molecule has 1 aromatic carbocycles. The fraction of sp³-hybridized carbons (Fsp3) is 0.222. The Labute approximate surface area is 154 Å². The summed E-state index contributed by atoms with van der Waals surface area (Å²) in [5, 5.41) is 8.64. The number of methoxy groups -OCH3 is 2. The molecule has 0 atom stereocenters. The lowest BCUT2D eigenvalue weighted by Gasteiger charge is -2.10. The van der Waals surface area contributed by atoms with Crippen molar-refractivity contribution in [3.63, 3.8) is 0 Å². The first-order chi connectivity index (χ1) is 12.7. The summed E-state index contributed by atoms with van der Waals surface area (Å²) in [6, 6.07) is 10.8. The van der Waals surface area contributed by atoms with E-state index in [4.69, 9.17) is 18.7 Å². The Balaban J connectivity index is 1.49. The van der Waals surface area contributed by atoms with E-state index >= 15 is 0 Å². The number of carbonyl (C=O) groups is 1. The van der Waals surface area contributed by atoms with E-state index in [1.165, 1.54) is 7.11 Å². The number of aromatic nitrogens is 1. The highest BCUT2D eigenvalue weighted by atomic mass is 32.1. The van der Waals surface area contributed by atoms with Crippen LogP contribution in [0.1, 0.15) is 5.69 Å². The number of thiophene rings is 1. The second kappa shape index (κ2) is 8.50. The topological polar surface area (TPSA) is 82.8 Å². The van der Waals surface area contributed by atoms with Gasteiger partial charge in [0.15, 0.2) is 17.3 Å². The zero-order valence-electron chi connectivity index (χ0n) is 14.4. The molecule has 136 valence electrons. The molecular weight excluding hydrogens is 356 g/mol. The van der Waals surface area contributed by atoms with Crippen LogP contribution in [0.3, 0.4) is 0 Å². The molecule has 8 heteroatoms. The van der Waals surface area contributed by atoms with E-state index in [0.717, 1.165) is 4.88 Å². The van der Waals surface area contributed by atoms with Crippen LogP contribution in [-0.4, -0.2) is 31.9 Å². The van der Waals surface area contributed by atoms with Crippen LogP contribution in [-0.2, 0) is 16.1 Å². The minimum Gasteiger partial charge on any atom is -0.493 e. The van der Waals surface area contributed by atoms with Crippen molar-refractivity contribution in [3.05, 3.63) is 47.5 Å². The average molecular weight is 374 g/mol. The van der Waals surface area contributed by atoms with Crippen LogP contribution in [0.15, 0.2) is 46.3 Å². The van der Waals surface area contributed by atoms with Gasteiger partial charge in [-0.05, 0) is 23.6 Å². The van der Waals surface area contributed by atoms with E-state index < -0.39 is 0 Å². The molecule has 0 spiro atoms. The molecule has 1 amide bonds. The molecule has 0 saturated carbocycles. The van der Waals surface area contributed by atoms with Crippen molar-refractivity contribution in [1.82, 2.24) is 5.16 Å². The van der Waals surface area contributed by atoms with E-state index in [0.29, 0.717) is 28.6 Å². The van der Waals surface area contributed by atoms with Gasteiger partial charge in [0, 0.05) is 17.8 Å². The molecule has 3 aromatic rings. The van der Waals surface area contributed by atoms with Gasteiger partial charge in [0.25, 0.3) is 0 Å². The van der Waals surface area contributed by atoms with Gasteiger partial charge in [-0.15, -0.1) is 11.3 Å². The normalized spacial score (nSPS) is 10.5. The molecule has 0 aliphatic carbocycles. The van der Waals surface area contributed by atoms with E-state index in [-0.39, 0.29) is 19.1 Å². The lowest BCUT2D eigenvalue weighted by atomic mass is 10.2. The molecular formula is C18H18N2O5S. The van der Waals surface area contributed by atoms with Crippen LogP contribution >= 0.6 is 11.3 Å². The third-order valence-electron chi connectivity index (χ3n) is 3.47. The Bertz CT molecular complexity index is 860. The van der Waals surface area contributed by atoms with Crippen LogP contribution in [0, 0.1) is 0 Å². The smallest absolute Gasteiger partial charge is 0.250 e. The number of hydrogen-bond acceptors (Lipinski definition) is 7. The fourth-order valence-electron chi connectivity index (χ4n) is 2.27. The molecule has 0 saturated heterocycles. The molecule has 0 unspecified atom stereocenters. The molecule has 2 aromatic heterocycles. The molecule has 3 rings (SSSR count). The third-order valence-corrected chi connectivity index (χ3v) is 4.36. The van der Waals surface area contributed by atoms with E-state index in [9.17, 15) is 4.79 Å². The number of amides is 1. The minimum atomic E-state index is -0.279. The molecule has 0 bridgehead atoms. The molecule has 7 nitrogen and oxygen atoms in total. The number of ether oxygens (including phenoxy) is 3. The second-order valence-electron chi connectivity index (χ2n) is 5.27. The maximum Gasteiger partial charge on any atom is 0.250 e. The predicted octanol–water partition coefficient (Wildman–Crippen LogP) is 3.58. The van der Waals surface area contributed by atoms with E-state index in [2.05, 4.69) is 10.5 Å². The lowest BCUT2D eigenvalue weighted by molar-refractivity contribution is -0.121.